The summed E-state index contributed by atoms with van der Waals surface area (Å²) in [4.78, 5) is 21.2. The van der Waals surface area contributed by atoms with E-state index in [1.54, 1.807) is 30.3 Å². The summed E-state index contributed by atoms with van der Waals surface area (Å²) < 4.78 is 0. The molecular weight excluding hydrogens is 282 g/mol. The first kappa shape index (κ1) is 14.0. The first-order valence-corrected chi connectivity index (χ1v) is 6.11. The average Bonchev–Trinajstić information content (AvgIpc) is 2.39. The summed E-state index contributed by atoms with van der Waals surface area (Å²) >= 11 is 6.05. The van der Waals surface area contributed by atoms with Crippen LogP contribution in [0.2, 0.25) is 5.02 Å². The lowest BCUT2D eigenvalue weighted by molar-refractivity contribution is -0.385. The molecule has 0 aliphatic carbocycles. The second kappa shape index (κ2) is 5.71. The first-order valence-electron chi connectivity index (χ1n) is 5.73. The van der Waals surface area contributed by atoms with Crippen molar-refractivity contribution in [1.29, 1.82) is 0 Å². The number of aliphatic carboxylic acids is 1. The van der Waals surface area contributed by atoms with E-state index >= 15 is 0 Å². The molecule has 0 heterocycles. The zero-order valence-corrected chi connectivity index (χ0v) is 11.0. The van der Waals surface area contributed by atoms with Gasteiger partial charge in [-0.05, 0) is 11.6 Å². The van der Waals surface area contributed by atoms with Crippen LogP contribution in [0, 0.1) is 10.1 Å². The number of carboxylic acids is 1. The SMILES string of the molecule is O=C(O)Cc1ccc(-c2ccccc2Cl)cc1[N+](=O)[O-]. The third kappa shape index (κ3) is 2.95. The molecule has 102 valence electrons. The van der Waals surface area contributed by atoms with E-state index in [1.807, 2.05) is 0 Å². The van der Waals surface area contributed by atoms with Gasteiger partial charge >= 0.3 is 5.97 Å². The fraction of sp³-hybridized carbons (Fsp3) is 0.0714. The van der Waals surface area contributed by atoms with E-state index in [-0.39, 0.29) is 17.7 Å². The number of nitro benzene ring substituents is 1. The number of hydrogen-bond acceptors (Lipinski definition) is 3. The average molecular weight is 292 g/mol. The Labute approximate surface area is 119 Å². The van der Waals surface area contributed by atoms with Crippen LogP contribution in [-0.2, 0) is 11.2 Å². The lowest BCUT2D eigenvalue weighted by Gasteiger charge is -2.06. The number of carbonyl (C=O) groups is 1. The van der Waals surface area contributed by atoms with Crippen molar-refractivity contribution in [3.8, 4) is 11.1 Å². The molecule has 0 saturated heterocycles. The zero-order chi connectivity index (χ0) is 14.7. The van der Waals surface area contributed by atoms with E-state index in [0.717, 1.165) is 0 Å². The van der Waals surface area contributed by atoms with Gasteiger partial charge in [0.2, 0.25) is 0 Å². The van der Waals surface area contributed by atoms with Gasteiger partial charge in [0.1, 0.15) is 0 Å². The topological polar surface area (TPSA) is 80.4 Å². The highest BCUT2D eigenvalue weighted by molar-refractivity contribution is 6.33. The molecule has 0 radical (unpaired) electrons. The number of nitro groups is 1. The van der Waals surface area contributed by atoms with Gasteiger partial charge in [-0.1, -0.05) is 41.9 Å². The third-order valence-corrected chi connectivity index (χ3v) is 3.14. The van der Waals surface area contributed by atoms with Crippen LogP contribution in [0.25, 0.3) is 11.1 Å². The molecule has 2 rings (SSSR count). The summed E-state index contributed by atoms with van der Waals surface area (Å²) in [6, 6.07) is 11.4. The van der Waals surface area contributed by atoms with Crippen LogP contribution < -0.4 is 0 Å². The smallest absolute Gasteiger partial charge is 0.308 e. The molecule has 0 aromatic heterocycles. The summed E-state index contributed by atoms with van der Waals surface area (Å²) in [6.45, 7) is 0. The minimum Gasteiger partial charge on any atom is -0.481 e. The van der Waals surface area contributed by atoms with Gasteiger partial charge in [0.15, 0.2) is 0 Å². The fourth-order valence-electron chi connectivity index (χ4n) is 1.91. The quantitative estimate of drug-likeness (QED) is 0.690. The number of rotatable bonds is 4. The molecule has 0 aliphatic heterocycles. The summed E-state index contributed by atoms with van der Waals surface area (Å²) in [7, 11) is 0. The molecule has 6 heteroatoms. The molecule has 2 aromatic carbocycles. The van der Waals surface area contributed by atoms with Gasteiger partial charge in [0, 0.05) is 22.2 Å². The van der Waals surface area contributed by atoms with Gasteiger partial charge in [-0.25, -0.2) is 0 Å². The molecule has 0 amide bonds. The second-order valence-electron chi connectivity index (χ2n) is 4.15. The van der Waals surface area contributed by atoms with Crippen molar-refractivity contribution >= 4 is 23.3 Å². The Morgan fingerprint density at radius 1 is 1.25 bits per heavy atom. The molecule has 5 nitrogen and oxygen atoms in total. The molecule has 0 unspecified atom stereocenters. The molecular formula is C14H10ClNO4. The van der Waals surface area contributed by atoms with Crippen molar-refractivity contribution < 1.29 is 14.8 Å². The molecule has 1 N–H and O–H groups in total. The first-order chi connectivity index (χ1) is 9.49. The van der Waals surface area contributed by atoms with Gasteiger partial charge < -0.3 is 5.11 Å². The van der Waals surface area contributed by atoms with Crippen molar-refractivity contribution in [2.24, 2.45) is 0 Å². The Kier molecular flexibility index (Phi) is 4.00. The largest absolute Gasteiger partial charge is 0.481 e. The normalized spacial score (nSPS) is 10.2. The second-order valence-corrected chi connectivity index (χ2v) is 4.56. The van der Waals surface area contributed by atoms with Crippen LogP contribution >= 0.6 is 11.6 Å². The maximum Gasteiger partial charge on any atom is 0.308 e. The van der Waals surface area contributed by atoms with Gasteiger partial charge in [0.05, 0.1) is 11.3 Å². The molecule has 0 saturated carbocycles. The Morgan fingerprint density at radius 3 is 2.55 bits per heavy atom. The van der Waals surface area contributed by atoms with Crippen LogP contribution in [0.3, 0.4) is 0 Å². The lowest BCUT2D eigenvalue weighted by Crippen LogP contribution is -2.03. The van der Waals surface area contributed by atoms with Gasteiger partial charge in [-0.15, -0.1) is 0 Å². The van der Waals surface area contributed by atoms with Crippen LogP contribution in [0.5, 0.6) is 0 Å². The van der Waals surface area contributed by atoms with E-state index < -0.39 is 10.9 Å². The van der Waals surface area contributed by atoms with Gasteiger partial charge in [-0.2, -0.15) is 0 Å². The molecule has 20 heavy (non-hydrogen) atoms. The Hall–Kier alpha value is -2.40. The van der Waals surface area contributed by atoms with Crippen molar-refractivity contribution in [2.45, 2.75) is 6.42 Å². The van der Waals surface area contributed by atoms with Crippen LogP contribution in [0.4, 0.5) is 5.69 Å². The van der Waals surface area contributed by atoms with E-state index in [0.29, 0.717) is 16.1 Å². The van der Waals surface area contributed by atoms with E-state index in [1.165, 1.54) is 12.1 Å². The van der Waals surface area contributed by atoms with Gasteiger partial charge in [0.25, 0.3) is 5.69 Å². The predicted molar refractivity (Wildman–Crippen MR) is 74.9 cm³/mol. The van der Waals surface area contributed by atoms with Crippen molar-refractivity contribution in [3.63, 3.8) is 0 Å². The van der Waals surface area contributed by atoms with Crippen LogP contribution in [0.15, 0.2) is 42.5 Å². The number of halogens is 1. The highest BCUT2D eigenvalue weighted by Crippen LogP contribution is 2.31. The standard InChI is InChI=1S/C14H10ClNO4/c15-12-4-2-1-3-11(12)9-5-6-10(8-14(17)18)13(7-9)16(19)20/h1-7H,8H2,(H,17,18). The third-order valence-electron chi connectivity index (χ3n) is 2.81. The summed E-state index contributed by atoms with van der Waals surface area (Å²) in [6.07, 6.45) is -0.390. The minimum atomic E-state index is -1.11. The van der Waals surface area contributed by atoms with Crippen molar-refractivity contribution in [3.05, 3.63) is 63.2 Å². The zero-order valence-electron chi connectivity index (χ0n) is 10.2. The summed E-state index contributed by atoms with van der Waals surface area (Å²) in [5.41, 5.74) is 1.19. The Bertz CT molecular complexity index is 685. The van der Waals surface area contributed by atoms with E-state index in [4.69, 9.17) is 16.7 Å². The maximum absolute atomic E-state index is 11.1. The maximum atomic E-state index is 11.1. The monoisotopic (exact) mass is 291 g/mol. The molecule has 0 aliphatic rings. The fourth-order valence-corrected chi connectivity index (χ4v) is 2.15. The van der Waals surface area contributed by atoms with E-state index in [2.05, 4.69) is 0 Å². The molecule has 2 aromatic rings. The number of benzene rings is 2. The van der Waals surface area contributed by atoms with Crippen molar-refractivity contribution in [1.82, 2.24) is 0 Å². The number of nitrogens with zero attached hydrogens (tertiary/aromatic N) is 1. The van der Waals surface area contributed by atoms with Gasteiger partial charge in [-0.3, -0.25) is 14.9 Å². The Balaban J connectivity index is 2.53. The molecule has 0 atom stereocenters. The molecule has 0 fully saturated rings. The lowest BCUT2D eigenvalue weighted by atomic mass is 10.0. The Morgan fingerprint density at radius 2 is 1.95 bits per heavy atom. The van der Waals surface area contributed by atoms with Crippen molar-refractivity contribution in [2.75, 3.05) is 0 Å². The highest BCUT2D eigenvalue weighted by Gasteiger charge is 2.18. The predicted octanol–water partition coefficient (Wildman–Crippen LogP) is 3.54. The summed E-state index contributed by atoms with van der Waals surface area (Å²) in [5.74, 6) is -1.11. The van der Waals surface area contributed by atoms with E-state index in [9.17, 15) is 14.9 Å². The number of carboxylic acid groups (broad SMARTS) is 1. The van der Waals surface area contributed by atoms with Crippen LogP contribution in [0.1, 0.15) is 5.56 Å². The van der Waals surface area contributed by atoms with Crippen LogP contribution in [-0.4, -0.2) is 16.0 Å². The highest BCUT2D eigenvalue weighted by atomic mass is 35.5. The summed E-state index contributed by atoms with van der Waals surface area (Å²) in [5, 5.41) is 20.3. The molecule has 0 bridgehead atoms. The number of hydrogen-bond donors (Lipinski definition) is 1. The molecule has 0 spiro atoms. The minimum absolute atomic E-state index is 0.165.